The average Bonchev–Trinajstić information content (AvgIpc) is 4.03. The number of aliphatic hydroxyl groups is 1. The van der Waals surface area contributed by atoms with Gasteiger partial charge in [0.15, 0.2) is 11.5 Å². The summed E-state index contributed by atoms with van der Waals surface area (Å²) >= 11 is 1.60. The number of phenols is 1. The molecule has 8 rings (SSSR count). The molecule has 1 aliphatic heterocycles. The van der Waals surface area contributed by atoms with Crippen molar-refractivity contribution in [3.8, 4) is 27.4 Å². The van der Waals surface area contributed by atoms with E-state index in [1.54, 1.807) is 23.5 Å². The average molecular weight is 803 g/mol. The number of thiazole rings is 1. The second-order valence-electron chi connectivity index (χ2n) is 16.2. The van der Waals surface area contributed by atoms with E-state index >= 15 is 0 Å². The molecule has 58 heavy (non-hydrogen) atoms. The number of benzene rings is 2. The van der Waals surface area contributed by atoms with Gasteiger partial charge in [0.05, 0.1) is 45.8 Å². The highest BCUT2D eigenvalue weighted by molar-refractivity contribution is 7.13. The number of rotatable bonds is 13. The summed E-state index contributed by atoms with van der Waals surface area (Å²) in [5.41, 5.74) is 9.22. The summed E-state index contributed by atoms with van der Waals surface area (Å²) in [6.07, 6.45) is 0.570. The normalized spacial score (nSPS) is 19.3. The fourth-order valence-corrected chi connectivity index (χ4v) is 9.45. The number of likely N-dealkylation sites (N-methyl/N-ethyl adjacent to an activating group) is 1. The van der Waals surface area contributed by atoms with Gasteiger partial charge in [0.1, 0.15) is 17.3 Å². The molecule has 2 aromatic carbocycles. The third-order valence-corrected chi connectivity index (χ3v) is 12.9. The highest BCUT2D eigenvalue weighted by Gasteiger charge is 2.46. The van der Waals surface area contributed by atoms with Crippen molar-refractivity contribution >= 4 is 39.9 Å². The Morgan fingerprint density at radius 3 is 2.59 bits per heavy atom. The molecule has 13 nitrogen and oxygen atoms in total. The molecular weight excluding hydrogens is 753 g/mol. The zero-order valence-electron chi connectivity index (χ0n) is 33.5. The molecule has 1 fully saturated rings. The number of hydrogen-bond acceptors (Lipinski definition) is 12. The number of ketones is 1. The zero-order valence-corrected chi connectivity index (χ0v) is 34.3. The van der Waals surface area contributed by atoms with Gasteiger partial charge in [0.25, 0.3) is 0 Å². The SMILES string of the molecule is Cc1ncsc1-c1ccc([C@H](C)NC(=O)[C@@H]2C[C@@H](O)CC2C(=O)C(c2cc(N(C)CCN3CCc4[nH]c5nnc(-c6ccccc6O)cc5c4C3)no2)C(C)C)cc1. The molecule has 5 atom stereocenters. The Balaban J connectivity index is 0.902. The van der Waals surface area contributed by atoms with Crippen molar-refractivity contribution in [2.45, 2.75) is 71.6 Å². The lowest BCUT2D eigenvalue weighted by Crippen LogP contribution is -2.38. The van der Waals surface area contributed by atoms with Crippen molar-refractivity contribution in [2.24, 2.45) is 17.8 Å². The number of para-hydroxylation sites is 1. The van der Waals surface area contributed by atoms with Crippen LogP contribution in [0.3, 0.4) is 0 Å². The number of aromatic nitrogens is 5. The minimum Gasteiger partial charge on any atom is -0.507 e. The van der Waals surface area contributed by atoms with Gasteiger partial charge in [-0.25, -0.2) is 4.98 Å². The van der Waals surface area contributed by atoms with E-state index < -0.39 is 23.9 Å². The van der Waals surface area contributed by atoms with E-state index in [-0.39, 0.29) is 42.2 Å². The fraction of sp³-hybridized carbons (Fsp3) is 0.409. The van der Waals surface area contributed by atoms with E-state index in [0.29, 0.717) is 29.4 Å². The van der Waals surface area contributed by atoms with Crippen molar-refractivity contribution in [1.82, 2.24) is 35.5 Å². The number of nitrogens with one attached hydrogen (secondary N) is 2. The number of hydrogen-bond donors (Lipinski definition) is 4. The monoisotopic (exact) mass is 802 g/mol. The Hall–Kier alpha value is -5.44. The van der Waals surface area contributed by atoms with Crippen LogP contribution in [0.4, 0.5) is 5.82 Å². The van der Waals surface area contributed by atoms with Crippen molar-refractivity contribution in [3.63, 3.8) is 0 Å². The third-order valence-electron chi connectivity index (χ3n) is 11.9. The molecule has 5 heterocycles. The van der Waals surface area contributed by atoms with Crippen LogP contribution < -0.4 is 10.2 Å². The predicted octanol–water partition coefficient (Wildman–Crippen LogP) is 6.82. The predicted molar refractivity (Wildman–Crippen MR) is 223 cm³/mol. The quantitative estimate of drug-likeness (QED) is 0.0966. The number of aliphatic hydroxyl groups excluding tert-OH is 1. The van der Waals surface area contributed by atoms with E-state index in [0.717, 1.165) is 64.5 Å². The van der Waals surface area contributed by atoms with Gasteiger partial charge in [-0.05, 0) is 67.5 Å². The molecule has 0 bridgehead atoms. The van der Waals surface area contributed by atoms with Crippen LogP contribution in [0.25, 0.3) is 32.7 Å². The van der Waals surface area contributed by atoms with Crippen LogP contribution in [0.2, 0.25) is 0 Å². The van der Waals surface area contributed by atoms with E-state index in [4.69, 9.17) is 4.52 Å². The van der Waals surface area contributed by atoms with E-state index in [2.05, 4.69) is 35.5 Å². The lowest BCUT2D eigenvalue weighted by atomic mass is 9.79. The van der Waals surface area contributed by atoms with Crippen LogP contribution >= 0.6 is 11.3 Å². The molecular formula is C44H50N8O5S. The molecule has 1 aliphatic carbocycles. The number of amides is 1. The molecule has 2 unspecified atom stereocenters. The number of Topliss-reactive ketones (excluding diaryl/α,β-unsaturated/α-hetero) is 1. The smallest absolute Gasteiger partial charge is 0.224 e. The molecule has 6 aromatic rings. The highest BCUT2D eigenvalue weighted by atomic mass is 32.1. The minimum atomic E-state index is -0.742. The van der Waals surface area contributed by atoms with Gasteiger partial charge in [-0.2, -0.15) is 0 Å². The maximum Gasteiger partial charge on any atom is 0.224 e. The van der Waals surface area contributed by atoms with Crippen LogP contribution in [-0.4, -0.2) is 84.9 Å². The summed E-state index contributed by atoms with van der Waals surface area (Å²) in [4.78, 5) is 41.5. The Morgan fingerprint density at radius 2 is 1.84 bits per heavy atom. The van der Waals surface area contributed by atoms with Crippen molar-refractivity contribution < 1.29 is 24.3 Å². The van der Waals surface area contributed by atoms with Crippen molar-refractivity contribution in [1.29, 1.82) is 0 Å². The van der Waals surface area contributed by atoms with Gasteiger partial charge in [-0.3, -0.25) is 14.5 Å². The summed E-state index contributed by atoms with van der Waals surface area (Å²) < 4.78 is 5.88. The van der Waals surface area contributed by atoms with Gasteiger partial charge < -0.3 is 29.9 Å². The van der Waals surface area contributed by atoms with Crippen LogP contribution in [0.1, 0.15) is 73.8 Å². The minimum absolute atomic E-state index is 0.104. The largest absolute Gasteiger partial charge is 0.507 e. The van der Waals surface area contributed by atoms with Gasteiger partial charge >= 0.3 is 0 Å². The summed E-state index contributed by atoms with van der Waals surface area (Å²) in [5.74, 6) is -1.10. The maximum atomic E-state index is 14.4. The topological polar surface area (TPSA) is 174 Å². The number of fused-ring (bicyclic) bond motifs is 3. The number of anilines is 1. The number of carbonyl (C=O) groups is 2. The Morgan fingerprint density at radius 1 is 1.07 bits per heavy atom. The molecule has 302 valence electrons. The van der Waals surface area contributed by atoms with Crippen LogP contribution in [-0.2, 0) is 22.6 Å². The number of carbonyl (C=O) groups excluding carboxylic acids is 2. The lowest BCUT2D eigenvalue weighted by Gasteiger charge is -2.29. The van der Waals surface area contributed by atoms with E-state index in [1.807, 2.05) is 93.7 Å². The van der Waals surface area contributed by atoms with Crippen LogP contribution in [0, 0.1) is 24.7 Å². The van der Waals surface area contributed by atoms with Gasteiger partial charge in [-0.1, -0.05) is 55.4 Å². The molecule has 1 amide bonds. The molecule has 4 aromatic heterocycles. The number of aryl methyl sites for hydroxylation is 1. The second-order valence-corrected chi connectivity index (χ2v) is 17.1. The first-order chi connectivity index (χ1) is 27.9. The Kier molecular flexibility index (Phi) is 11.2. The first kappa shape index (κ1) is 39.4. The van der Waals surface area contributed by atoms with Crippen LogP contribution in [0.15, 0.2) is 70.7 Å². The maximum absolute atomic E-state index is 14.4. The molecule has 14 heteroatoms. The first-order valence-corrected chi connectivity index (χ1v) is 20.9. The second kappa shape index (κ2) is 16.4. The summed E-state index contributed by atoms with van der Waals surface area (Å²) in [6, 6.07) is 18.8. The highest BCUT2D eigenvalue weighted by Crippen LogP contribution is 2.40. The lowest BCUT2D eigenvalue weighted by molar-refractivity contribution is -0.134. The Bertz CT molecular complexity index is 2420. The number of aromatic amines is 1. The van der Waals surface area contributed by atoms with Gasteiger partial charge in [0.2, 0.25) is 5.91 Å². The summed E-state index contributed by atoms with van der Waals surface area (Å²) in [7, 11) is 1.96. The first-order valence-electron chi connectivity index (χ1n) is 20.0. The van der Waals surface area contributed by atoms with Crippen molar-refractivity contribution in [2.75, 3.05) is 31.6 Å². The van der Waals surface area contributed by atoms with Gasteiger partial charge in [0, 0.05) is 68.3 Å². The van der Waals surface area contributed by atoms with Gasteiger partial charge in [-0.15, -0.1) is 21.5 Å². The fourth-order valence-electron chi connectivity index (χ4n) is 8.64. The molecule has 4 N–H and O–H groups in total. The summed E-state index contributed by atoms with van der Waals surface area (Å²) in [6.45, 7) is 10.9. The number of aromatic hydroxyl groups is 1. The Labute approximate surface area is 341 Å². The van der Waals surface area contributed by atoms with E-state index in [9.17, 15) is 19.8 Å². The number of H-pyrrole nitrogens is 1. The zero-order chi connectivity index (χ0) is 40.7. The molecule has 0 saturated heterocycles. The molecule has 1 saturated carbocycles. The van der Waals surface area contributed by atoms with Crippen LogP contribution in [0.5, 0.6) is 5.75 Å². The number of phenolic OH excluding ortho intramolecular Hbond substituents is 1. The molecule has 0 radical (unpaired) electrons. The summed E-state index contributed by atoms with van der Waals surface area (Å²) in [5, 5.41) is 38.5. The number of nitrogens with zero attached hydrogens (tertiary/aromatic N) is 6. The third kappa shape index (κ3) is 7.88. The van der Waals surface area contributed by atoms with Crippen molar-refractivity contribution in [3.05, 3.63) is 94.4 Å². The molecule has 0 spiro atoms. The molecule has 2 aliphatic rings. The van der Waals surface area contributed by atoms with E-state index in [1.165, 1.54) is 5.56 Å². The standard InChI is InChI=1S/C44H50N8O5S/c1-24(2)40(41(55)31-18-29(53)19-33(31)44(56)46-25(3)27-10-12-28(13-11-27)42-26(4)45-23-58-42)38-21-39(50-57-38)51(5)16-17-52-15-14-35-34(22-52)32-20-36(48-49-43(32)47-35)30-8-6-7-9-37(30)54/h6-13,20-21,23-25,29,31,33,40,53-54H,14-19,22H2,1-5H3,(H,46,56)(H,47,49)/t25-,29-,31?,33+,40?/m0/s1.